The van der Waals surface area contributed by atoms with Crippen LogP contribution in [0, 0.1) is 6.92 Å². The van der Waals surface area contributed by atoms with Crippen molar-refractivity contribution in [1.29, 1.82) is 0 Å². The van der Waals surface area contributed by atoms with Crippen LogP contribution in [0.5, 0.6) is 5.75 Å². The Kier molecular flexibility index (Phi) is 6.26. The van der Waals surface area contributed by atoms with Gasteiger partial charge in [-0.3, -0.25) is 14.5 Å². The summed E-state index contributed by atoms with van der Waals surface area (Å²) in [5.41, 5.74) is 0.691. The van der Waals surface area contributed by atoms with E-state index in [1.54, 1.807) is 55.5 Å². The van der Waals surface area contributed by atoms with Crippen molar-refractivity contribution >= 4 is 46.5 Å². The van der Waals surface area contributed by atoms with Crippen LogP contribution < -0.4 is 9.64 Å². The maximum atomic E-state index is 13.1. The Morgan fingerprint density at radius 1 is 1.18 bits per heavy atom. The zero-order valence-corrected chi connectivity index (χ0v) is 18.9. The van der Waals surface area contributed by atoms with E-state index in [4.69, 9.17) is 32.5 Å². The summed E-state index contributed by atoms with van der Waals surface area (Å²) >= 11 is 12.3. The average Bonchev–Trinajstić information content (AvgIpc) is 3.34. The summed E-state index contributed by atoms with van der Waals surface area (Å²) < 4.78 is 10.6. The number of aliphatic hydroxyl groups is 1. The lowest BCUT2D eigenvalue weighted by atomic mass is 9.95. The van der Waals surface area contributed by atoms with Crippen LogP contribution in [0.1, 0.15) is 22.9 Å². The van der Waals surface area contributed by atoms with Gasteiger partial charge in [0.15, 0.2) is 5.82 Å². The highest BCUT2D eigenvalue weighted by Gasteiger charge is 2.48. The normalized spacial score (nSPS) is 17.4. The Balaban J connectivity index is 1.86. The van der Waals surface area contributed by atoms with Crippen molar-refractivity contribution < 1.29 is 24.0 Å². The van der Waals surface area contributed by atoms with Gasteiger partial charge in [0.05, 0.1) is 21.7 Å². The Morgan fingerprint density at radius 2 is 1.91 bits per heavy atom. The van der Waals surface area contributed by atoms with E-state index in [1.807, 2.05) is 0 Å². The number of carbonyl (C=O) groups excluding carboxylic acids is 2. The van der Waals surface area contributed by atoms with Crippen molar-refractivity contribution in [2.45, 2.75) is 13.0 Å². The third kappa shape index (κ3) is 4.25. The van der Waals surface area contributed by atoms with E-state index in [0.717, 1.165) is 0 Å². The molecule has 1 aromatic heterocycles. The second-order valence-electron chi connectivity index (χ2n) is 7.26. The zero-order valence-electron chi connectivity index (χ0n) is 17.4. The van der Waals surface area contributed by atoms with E-state index in [-0.39, 0.29) is 22.2 Å². The van der Waals surface area contributed by atoms with Crippen LogP contribution in [-0.4, -0.2) is 28.6 Å². The summed E-state index contributed by atoms with van der Waals surface area (Å²) in [6.45, 7) is 5.58. The van der Waals surface area contributed by atoms with Gasteiger partial charge in [0.25, 0.3) is 5.78 Å². The predicted octanol–water partition coefficient (Wildman–Crippen LogP) is 5.48. The lowest BCUT2D eigenvalue weighted by molar-refractivity contribution is -0.132. The average molecular weight is 485 g/mol. The molecule has 0 radical (unpaired) electrons. The number of hydrogen-bond acceptors (Lipinski definition) is 6. The van der Waals surface area contributed by atoms with Crippen LogP contribution in [0.3, 0.4) is 0 Å². The summed E-state index contributed by atoms with van der Waals surface area (Å²) in [4.78, 5) is 27.3. The van der Waals surface area contributed by atoms with Gasteiger partial charge in [0.2, 0.25) is 0 Å². The number of aliphatic hydroxyl groups excluding tert-OH is 1. The summed E-state index contributed by atoms with van der Waals surface area (Å²) in [6.07, 6.45) is 1.61. The molecule has 7 nitrogen and oxygen atoms in total. The topological polar surface area (TPSA) is 92.9 Å². The molecule has 3 aromatic rings. The number of halogens is 2. The number of anilines is 1. The fraction of sp³-hybridized carbons (Fsp3) is 0.125. The molecular weight excluding hydrogens is 467 g/mol. The van der Waals surface area contributed by atoms with E-state index < -0.39 is 17.7 Å². The van der Waals surface area contributed by atoms with E-state index in [0.29, 0.717) is 34.3 Å². The molecule has 1 N–H and O–H groups in total. The highest BCUT2D eigenvalue weighted by atomic mass is 35.5. The monoisotopic (exact) mass is 484 g/mol. The number of nitrogens with zero attached hydrogens (tertiary/aromatic N) is 2. The van der Waals surface area contributed by atoms with Gasteiger partial charge < -0.3 is 14.4 Å². The van der Waals surface area contributed by atoms with Crippen molar-refractivity contribution in [3.05, 3.63) is 93.7 Å². The van der Waals surface area contributed by atoms with Crippen LogP contribution in [-0.2, 0) is 9.59 Å². The summed E-state index contributed by atoms with van der Waals surface area (Å²) in [6, 6.07) is 11.7. The van der Waals surface area contributed by atoms with Crippen molar-refractivity contribution in [3.8, 4) is 5.75 Å². The summed E-state index contributed by atoms with van der Waals surface area (Å²) in [5, 5.41) is 15.6. The van der Waals surface area contributed by atoms with Gasteiger partial charge in [-0.15, -0.1) is 0 Å². The first-order valence-electron chi connectivity index (χ1n) is 9.85. The first-order chi connectivity index (χ1) is 15.8. The van der Waals surface area contributed by atoms with Gasteiger partial charge in [-0.05, 0) is 48.9 Å². The highest BCUT2D eigenvalue weighted by molar-refractivity contribution is 6.51. The Hall–Kier alpha value is -3.55. The molecular formula is C24H18Cl2N2O5. The molecule has 2 aromatic carbocycles. The highest BCUT2D eigenvalue weighted by Crippen LogP contribution is 2.43. The van der Waals surface area contributed by atoms with Gasteiger partial charge >= 0.3 is 5.91 Å². The van der Waals surface area contributed by atoms with Crippen molar-refractivity contribution in [1.82, 2.24) is 5.16 Å². The molecule has 0 bridgehead atoms. The van der Waals surface area contributed by atoms with Gasteiger partial charge in [-0.1, -0.05) is 47.1 Å². The third-order valence-electron chi connectivity index (χ3n) is 5.06. The van der Waals surface area contributed by atoms with Crippen molar-refractivity contribution in [2.24, 2.45) is 0 Å². The Bertz CT molecular complexity index is 1280. The molecule has 1 fully saturated rings. The number of amides is 1. The second kappa shape index (κ2) is 9.13. The minimum atomic E-state index is -0.999. The molecule has 33 heavy (non-hydrogen) atoms. The number of carbonyl (C=O) groups is 2. The van der Waals surface area contributed by atoms with Crippen molar-refractivity contribution in [2.75, 3.05) is 11.5 Å². The number of Topliss-reactive ketones (excluding diaryl/α,β-unsaturated/α-hetero) is 1. The molecule has 0 unspecified atom stereocenters. The number of rotatable bonds is 6. The van der Waals surface area contributed by atoms with Crippen LogP contribution in [0.25, 0.3) is 5.76 Å². The van der Waals surface area contributed by atoms with Crippen LogP contribution in [0.2, 0.25) is 10.0 Å². The Labute approximate surface area is 199 Å². The number of ketones is 1. The largest absolute Gasteiger partial charge is 0.507 e. The van der Waals surface area contributed by atoms with E-state index in [1.165, 1.54) is 11.0 Å². The SMILES string of the molecule is C=CCOc1ccc(C(O)=C2C(=O)C(=O)N(c3cc(C)on3)[C@H]2c2ccc(Cl)c(Cl)c2)cc1. The molecule has 1 atom stereocenters. The fourth-order valence-corrected chi connectivity index (χ4v) is 3.86. The van der Waals surface area contributed by atoms with Gasteiger partial charge in [-0.2, -0.15) is 0 Å². The first kappa shape index (κ1) is 22.6. The lowest BCUT2D eigenvalue weighted by Crippen LogP contribution is -2.29. The molecule has 1 amide bonds. The number of aromatic nitrogens is 1. The van der Waals surface area contributed by atoms with Gasteiger partial charge in [0, 0.05) is 11.6 Å². The number of hydrogen-bond donors (Lipinski definition) is 1. The number of benzene rings is 2. The minimum absolute atomic E-state index is 0.112. The zero-order chi connectivity index (χ0) is 23.7. The van der Waals surface area contributed by atoms with Gasteiger partial charge in [0.1, 0.15) is 23.9 Å². The van der Waals surface area contributed by atoms with Crippen LogP contribution in [0.15, 0.2) is 71.3 Å². The molecule has 1 aliphatic rings. The molecule has 9 heteroatoms. The second-order valence-corrected chi connectivity index (χ2v) is 8.08. The summed E-state index contributed by atoms with van der Waals surface area (Å²) in [5.74, 6) is -0.913. The quantitative estimate of drug-likeness (QED) is 0.215. The van der Waals surface area contributed by atoms with E-state index >= 15 is 0 Å². The predicted molar refractivity (Wildman–Crippen MR) is 125 cm³/mol. The number of ether oxygens (including phenoxy) is 1. The Morgan fingerprint density at radius 3 is 2.52 bits per heavy atom. The molecule has 168 valence electrons. The van der Waals surface area contributed by atoms with E-state index in [9.17, 15) is 14.7 Å². The van der Waals surface area contributed by atoms with Crippen molar-refractivity contribution in [3.63, 3.8) is 0 Å². The molecule has 0 saturated carbocycles. The molecule has 0 spiro atoms. The van der Waals surface area contributed by atoms with Crippen LogP contribution >= 0.6 is 23.2 Å². The third-order valence-corrected chi connectivity index (χ3v) is 5.80. The standard InChI is InChI=1S/C24H18Cl2N2O5/c1-3-10-32-16-7-4-14(5-8-16)22(29)20-21(15-6-9-17(25)18(26)12-15)28(24(31)23(20)30)19-11-13(2)33-27-19/h3-9,11-12,21,29H,1,10H2,2H3/t21-/m0/s1. The molecule has 0 aliphatic carbocycles. The fourth-order valence-electron chi connectivity index (χ4n) is 3.55. The molecule has 1 aliphatic heterocycles. The van der Waals surface area contributed by atoms with E-state index in [2.05, 4.69) is 11.7 Å². The molecule has 4 rings (SSSR count). The summed E-state index contributed by atoms with van der Waals surface area (Å²) in [7, 11) is 0. The minimum Gasteiger partial charge on any atom is -0.507 e. The smallest absolute Gasteiger partial charge is 0.301 e. The van der Waals surface area contributed by atoms with Gasteiger partial charge in [-0.25, -0.2) is 0 Å². The molecule has 2 heterocycles. The first-order valence-corrected chi connectivity index (χ1v) is 10.6. The maximum Gasteiger partial charge on any atom is 0.301 e. The lowest BCUT2D eigenvalue weighted by Gasteiger charge is -2.23. The molecule has 1 saturated heterocycles. The maximum absolute atomic E-state index is 13.1. The number of aryl methyl sites for hydroxylation is 1. The van der Waals surface area contributed by atoms with Crippen LogP contribution in [0.4, 0.5) is 5.82 Å².